The molecule has 0 saturated carbocycles. The lowest BCUT2D eigenvalue weighted by molar-refractivity contribution is 0.0530. The number of amides is 1. The molecule has 0 radical (unpaired) electrons. The predicted octanol–water partition coefficient (Wildman–Crippen LogP) is 2.74. The molecule has 7 nitrogen and oxygen atoms in total. The van der Waals surface area contributed by atoms with Gasteiger partial charge in [0.05, 0.1) is 11.9 Å². The monoisotopic (exact) mass is 388 g/mol. The van der Waals surface area contributed by atoms with E-state index in [0.29, 0.717) is 29.8 Å². The van der Waals surface area contributed by atoms with Gasteiger partial charge in [-0.05, 0) is 43.1 Å². The van der Waals surface area contributed by atoms with Crippen LogP contribution in [0.3, 0.4) is 0 Å². The van der Waals surface area contributed by atoms with Crippen molar-refractivity contribution < 1.29 is 9.53 Å². The molecule has 0 fully saturated rings. The maximum absolute atomic E-state index is 12.1. The summed E-state index contributed by atoms with van der Waals surface area (Å²) < 4.78 is 7.02. The van der Waals surface area contributed by atoms with Crippen LogP contribution in [0.5, 0.6) is 0 Å². The highest BCUT2D eigenvalue weighted by Gasteiger charge is 2.15. The zero-order valence-corrected chi connectivity index (χ0v) is 15.7. The molecule has 1 aromatic heterocycles. The van der Waals surface area contributed by atoms with E-state index in [9.17, 15) is 9.59 Å². The average molecular weight is 389 g/mol. The molecule has 0 aromatic carbocycles. The predicted molar refractivity (Wildman–Crippen MR) is 93.8 cm³/mol. The van der Waals surface area contributed by atoms with Gasteiger partial charge in [-0.15, -0.1) is 0 Å². The Morgan fingerprint density at radius 2 is 2.09 bits per heavy atom. The number of hydrogen-bond donors (Lipinski definition) is 2. The molecule has 0 saturated heterocycles. The normalized spacial score (nSPS) is 11.2. The number of carbonyl (C=O) groups is 1. The third-order valence-corrected chi connectivity index (χ3v) is 3.58. The zero-order chi connectivity index (χ0) is 17.5. The second-order valence-corrected chi connectivity index (χ2v) is 6.90. The number of carbonyl (C=O) groups excluding carboxylic acids is 1. The summed E-state index contributed by atoms with van der Waals surface area (Å²) in [5.74, 6) is 0. The molecule has 0 atom stereocenters. The first-order valence-corrected chi connectivity index (χ1v) is 8.50. The van der Waals surface area contributed by atoms with Gasteiger partial charge < -0.3 is 15.4 Å². The van der Waals surface area contributed by atoms with E-state index in [-0.39, 0.29) is 5.56 Å². The van der Waals surface area contributed by atoms with Gasteiger partial charge >= 0.3 is 6.09 Å². The molecule has 2 N–H and O–H groups in total. The lowest BCUT2D eigenvalue weighted by Gasteiger charge is -2.19. The maximum Gasteiger partial charge on any atom is 0.407 e. The molecule has 130 valence electrons. The van der Waals surface area contributed by atoms with Crippen LogP contribution in [0.25, 0.3) is 0 Å². The third kappa shape index (κ3) is 7.02. The topological polar surface area (TPSA) is 85.2 Å². The molecule has 1 heterocycles. The van der Waals surface area contributed by atoms with Crippen molar-refractivity contribution in [3.8, 4) is 0 Å². The van der Waals surface area contributed by atoms with Crippen LogP contribution in [0, 0.1) is 0 Å². The highest BCUT2D eigenvalue weighted by Crippen LogP contribution is 2.15. The van der Waals surface area contributed by atoms with E-state index in [1.807, 2.05) is 0 Å². The zero-order valence-electron chi connectivity index (χ0n) is 14.1. The highest BCUT2D eigenvalue weighted by molar-refractivity contribution is 9.10. The van der Waals surface area contributed by atoms with Gasteiger partial charge in [-0.25, -0.2) is 9.48 Å². The van der Waals surface area contributed by atoms with Crippen LogP contribution in [0.15, 0.2) is 15.5 Å². The number of aryl methyl sites for hydroxylation is 1. The highest BCUT2D eigenvalue weighted by atomic mass is 79.9. The molecule has 1 rings (SSSR count). The molecular formula is C15H25BrN4O3. The summed E-state index contributed by atoms with van der Waals surface area (Å²) in [6.45, 7) is 8.92. The van der Waals surface area contributed by atoms with Crippen molar-refractivity contribution in [1.82, 2.24) is 15.1 Å². The summed E-state index contributed by atoms with van der Waals surface area (Å²) >= 11 is 3.30. The second-order valence-electron chi connectivity index (χ2n) is 6.11. The Hall–Kier alpha value is -1.57. The number of nitrogens with zero attached hydrogens (tertiary/aromatic N) is 2. The minimum atomic E-state index is -0.520. The molecule has 8 heteroatoms. The van der Waals surface area contributed by atoms with Gasteiger partial charge in [0.25, 0.3) is 5.56 Å². The number of aromatic nitrogens is 2. The van der Waals surface area contributed by atoms with Crippen LogP contribution >= 0.6 is 15.9 Å². The van der Waals surface area contributed by atoms with Crippen LogP contribution in [0.2, 0.25) is 0 Å². The van der Waals surface area contributed by atoms with Crippen molar-refractivity contribution >= 4 is 27.7 Å². The van der Waals surface area contributed by atoms with Crippen LogP contribution in [-0.2, 0) is 11.3 Å². The van der Waals surface area contributed by atoms with Crippen LogP contribution in [0.4, 0.5) is 10.5 Å². The first-order chi connectivity index (χ1) is 10.7. The first-order valence-electron chi connectivity index (χ1n) is 7.71. The molecular weight excluding hydrogens is 364 g/mol. The Morgan fingerprint density at radius 3 is 2.70 bits per heavy atom. The number of ether oxygens (including phenoxy) is 1. The summed E-state index contributed by atoms with van der Waals surface area (Å²) in [5, 5.41) is 9.84. The minimum absolute atomic E-state index is 0.163. The van der Waals surface area contributed by atoms with Gasteiger partial charge in [0.2, 0.25) is 0 Å². The Bertz CT molecular complexity index is 581. The Labute approximate surface area is 144 Å². The van der Waals surface area contributed by atoms with Gasteiger partial charge in [-0.3, -0.25) is 4.79 Å². The van der Waals surface area contributed by atoms with Crippen molar-refractivity contribution in [2.75, 3.05) is 18.4 Å². The first kappa shape index (κ1) is 19.5. The number of halogens is 1. The van der Waals surface area contributed by atoms with E-state index in [1.165, 1.54) is 4.68 Å². The van der Waals surface area contributed by atoms with Crippen molar-refractivity contribution in [2.45, 2.75) is 52.7 Å². The average Bonchev–Trinajstić information content (AvgIpc) is 2.45. The molecule has 0 aliphatic heterocycles. The fourth-order valence-corrected chi connectivity index (χ4v) is 2.18. The summed E-state index contributed by atoms with van der Waals surface area (Å²) in [5.41, 5.74) is -0.0784. The van der Waals surface area contributed by atoms with E-state index in [0.717, 1.165) is 12.8 Å². The molecule has 0 spiro atoms. The maximum atomic E-state index is 12.1. The number of anilines is 1. The lowest BCUT2D eigenvalue weighted by Crippen LogP contribution is -2.35. The van der Waals surface area contributed by atoms with Gasteiger partial charge in [-0.1, -0.05) is 13.3 Å². The number of hydrogen-bond acceptors (Lipinski definition) is 5. The van der Waals surface area contributed by atoms with Crippen molar-refractivity contribution in [3.05, 3.63) is 21.0 Å². The number of rotatable bonds is 7. The number of unbranched alkanes of at least 4 members (excludes halogenated alkanes) is 1. The summed E-state index contributed by atoms with van der Waals surface area (Å²) in [7, 11) is 0. The van der Waals surface area contributed by atoms with Crippen molar-refractivity contribution in [1.29, 1.82) is 0 Å². The largest absolute Gasteiger partial charge is 0.444 e. The third-order valence-electron chi connectivity index (χ3n) is 2.82. The van der Waals surface area contributed by atoms with E-state index in [4.69, 9.17) is 4.74 Å². The molecule has 23 heavy (non-hydrogen) atoms. The van der Waals surface area contributed by atoms with Gasteiger partial charge in [0.15, 0.2) is 0 Å². The number of alkyl carbamates (subject to hydrolysis) is 1. The molecule has 0 unspecified atom stereocenters. The van der Waals surface area contributed by atoms with Crippen LogP contribution in [0.1, 0.15) is 40.5 Å². The van der Waals surface area contributed by atoms with Crippen LogP contribution < -0.4 is 16.2 Å². The van der Waals surface area contributed by atoms with Gasteiger partial charge in [-0.2, -0.15) is 5.10 Å². The SMILES string of the molecule is CCCCn1ncc(NCCNC(=O)OC(C)(C)C)c(Br)c1=O. The molecule has 1 aromatic rings. The van der Waals surface area contributed by atoms with E-state index < -0.39 is 11.7 Å². The fourth-order valence-electron chi connectivity index (χ4n) is 1.73. The summed E-state index contributed by atoms with van der Waals surface area (Å²) in [4.78, 5) is 23.6. The smallest absolute Gasteiger partial charge is 0.407 e. The lowest BCUT2D eigenvalue weighted by atomic mass is 10.2. The standard InChI is InChI=1S/C15H25BrN4O3/c1-5-6-9-20-13(21)12(16)11(10-19-20)17-7-8-18-14(22)23-15(2,3)4/h10,17H,5-9H2,1-4H3,(H,18,22). The molecule has 0 aliphatic rings. The Kier molecular flexibility index (Phi) is 7.54. The van der Waals surface area contributed by atoms with Crippen molar-refractivity contribution in [3.63, 3.8) is 0 Å². The second kappa shape index (κ2) is 8.90. The summed E-state index contributed by atoms with van der Waals surface area (Å²) in [6, 6.07) is 0. The Balaban J connectivity index is 2.48. The van der Waals surface area contributed by atoms with Gasteiger partial charge in [0.1, 0.15) is 10.1 Å². The van der Waals surface area contributed by atoms with Gasteiger partial charge in [0, 0.05) is 19.6 Å². The van der Waals surface area contributed by atoms with E-state index >= 15 is 0 Å². The molecule has 0 bridgehead atoms. The van der Waals surface area contributed by atoms with E-state index in [2.05, 4.69) is 38.6 Å². The number of nitrogens with one attached hydrogen (secondary N) is 2. The summed E-state index contributed by atoms with van der Waals surface area (Å²) in [6.07, 6.45) is 3.05. The molecule has 0 aliphatic carbocycles. The quantitative estimate of drug-likeness (QED) is 0.701. The van der Waals surface area contributed by atoms with E-state index in [1.54, 1.807) is 27.0 Å². The van der Waals surface area contributed by atoms with Crippen molar-refractivity contribution in [2.24, 2.45) is 0 Å². The van der Waals surface area contributed by atoms with Crippen LogP contribution in [-0.4, -0.2) is 34.6 Å². The molecule has 1 amide bonds. The fraction of sp³-hybridized carbons (Fsp3) is 0.667. The Morgan fingerprint density at radius 1 is 1.39 bits per heavy atom. The minimum Gasteiger partial charge on any atom is -0.444 e.